The number of halogens is 1. The van der Waals surface area contributed by atoms with Crippen LogP contribution in [0.2, 0.25) is 0 Å². The molecule has 19 heavy (non-hydrogen) atoms. The quantitative estimate of drug-likeness (QED) is 0.620. The summed E-state index contributed by atoms with van der Waals surface area (Å²) in [5, 5.41) is 0. The third kappa shape index (κ3) is 3.13. The fourth-order valence-electron chi connectivity index (χ4n) is 1.97. The summed E-state index contributed by atoms with van der Waals surface area (Å²) < 4.78 is 1.00. The maximum Gasteiger partial charge on any atom is 0.295 e. The Bertz CT molecular complexity index is 546. The Morgan fingerprint density at radius 1 is 1.16 bits per heavy atom. The standard InChI is InChI=1S/C15H16BrNO2/c1-10-3-5-12(6-4-10)14(18)15(19)17-8-7-11(2)13(16)9-17/h3-6H,7-9H2,1-2H3. The maximum atomic E-state index is 12.2. The van der Waals surface area contributed by atoms with Gasteiger partial charge in [-0.15, -0.1) is 0 Å². The number of benzene rings is 1. The zero-order valence-electron chi connectivity index (χ0n) is 11.1. The summed E-state index contributed by atoms with van der Waals surface area (Å²) in [6.07, 6.45) is 0.813. The molecule has 4 heteroatoms. The van der Waals surface area contributed by atoms with Crippen molar-refractivity contribution in [3.63, 3.8) is 0 Å². The van der Waals surface area contributed by atoms with E-state index in [1.54, 1.807) is 17.0 Å². The highest BCUT2D eigenvalue weighted by atomic mass is 79.9. The molecular weight excluding hydrogens is 306 g/mol. The predicted molar refractivity (Wildman–Crippen MR) is 78.3 cm³/mol. The van der Waals surface area contributed by atoms with Gasteiger partial charge in [0.05, 0.1) is 6.54 Å². The van der Waals surface area contributed by atoms with Gasteiger partial charge in [-0.1, -0.05) is 51.3 Å². The van der Waals surface area contributed by atoms with E-state index >= 15 is 0 Å². The van der Waals surface area contributed by atoms with Crippen molar-refractivity contribution in [3.8, 4) is 0 Å². The number of rotatable bonds is 2. The smallest absolute Gasteiger partial charge is 0.295 e. The fourth-order valence-corrected chi connectivity index (χ4v) is 2.47. The van der Waals surface area contributed by atoms with Crippen LogP contribution in [0.4, 0.5) is 0 Å². The van der Waals surface area contributed by atoms with E-state index in [0.717, 1.165) is 16.5 Å². The zero-order chi connectivity index (χ0) is 14.0. The van der Waals surface area contributed by atoms with Crippen LogP contribution in [0.5, 0.6) is 0 Å². The normalized spacial score (nSPS) is 15.6. The molecular formula is C15H16BrNO2. The average Bonchev–Trinajstić information content (AvgIpc) is 2.41. The monoisotopic (exact) mass is 321 g/mol. The lowest BCUT2D eigenvalue weighted by Gasteiger charge is -2.27. The van der Waals surface area contributed by atoms with Gasteiger partial charge in [-0.05, 0) is 20.3 Å². The van der Waals surface area contributed by atoms with E-state index in [9.17, 15) is 9.59 Å². The van der Waals surface area contributed by atoms with Gasteiger partial charge >= 0.3 is 0 Å². The lowest BCUT2D eigenvalue weighted by atomic mass is 10.1. The molecule has 1 heterocycles. The summed E-state index contributed by atoms with van der Waals surface area (Å²) in [5.74, 6) is -0.854. The number of hydrogen-bond donors (Lipinski definition) is 0. The van der Waals surface area contributed by atoms with E-state index in [0.29, 0.717) is 18.7 Å². The van der Waals surface area contributed by atoms with E-state index in [2.05, 4.69) is 15.9 Å². The first kappa shape index (κ1) is 14.0. The van der Waals surface area contributed by atoms with Gasteiger partial charge in [-0.25, -0.2) is 0 Å². The van der Waals surface area contributed by atoms with Crippen molar-refractivity contribution in [2.24, 2.45) is 0 Å². The molecule has 0 spiro atoms. The van der Waals surface area contributed by atoms with Crippen molar-refractivity contribution < 1.29 is 9.59 Å². The van der Waals surface area contributed by atoms with Crippen molar-refractivity contribution in [1.82, 2.24) is 4.90 Å². The summed E-state index contributed by atoms with van der Waals surface area (Å²) in [4.78, 5) is 25.9. The molecule has 1 amide bonds. The Morgan fingerprint density at radius 3 is 2.37 bits per heavy atom. The van der Waals surface area contributed by atoms with Crippen molar-refractivity contribution in [1.29, 1.82) is 0 Å². The first-order chi connectivity index (χ1) is 8.99. The SMILES string of the molecule is CC1=C(Br)CN(C(=O)C(=O)c2ccc(C)cc2)CC1. The molecule has 0 bridgehead atoms. The van der Waals surface area contributed by atoms with E-state index in [4.69, 9.17) is 0 Å². The van der Waals surface area contributed by atoms with Gasteiger partial charge in [-0.3, -0.25) is 9.59 Å². The Morgan fingerprint density at radius 2 is 1.79 bits per heavy atom. The first-order valence-corrected chi connectivity index (χ1v) is 7.02. The van der Waals surface area contributed by atoms with Gasteiger partial charge in [0.25, 0.3) is 5.91 Å². The van der Waals surface area contributed by atoms with Crippen LogP contribution in [0.1, 0.15) is 29.3 Å². The summed E-state index contributed by atoms with van der Waals surface area (Å²) in [6, 6.07) is 7.10. The van der Waals surface area contributed by atoms with E-state index in [-0.39, 0.29) is 0 Å². The van der Waals surface area contributed by atoms with Crippen LogP contribution < -0.4 is 0 Å². The number of carbonyl (C=O) groups is 2. The molecule has 2 rings (SSSR count). The molecule has 0 unspecified atom stereocenters. The van der Waals surface area contributed by atoms with Crippen LogP contribution in [-0.2, 0) is 4.79 Å². The summed E-state index contributed by atoms with van der Waals surface area (Å²) in [7, 11) is 0. The van der Waals surface area contributed by atoms with Crippen molar-refractivity contribution in [3.05, 3.63) is 45.4 Å². The van der Waals surface area contributed by atoms with Crippen molar-refractivity contribution in [2.75, 3.05) is 13.1 Å². The Hall–Kier alpha value is -1.42. The number of amides is 1. The fraction of sp³-hybridized carbons (Fsp3) is 0.333. The second-order valence-corrected chi connectivity index (χ2v) is 5.81. The van der Waals surface area contributed by atoms with E-state index in [1.807, 2.05) is 26.0 Å². The predicted octanol–water partition coefficient (Wildman–Crippen LogP) is 3.08. The third-order valence-electron chi connectivity index (χ3n) is 3.34. The number of Topliss-reactive ketones (excluding diaryl/α,β-unsaturated/α-hetero) is 1. The number of nitrogens with zero attached hydrogens (tertiary/aromatic N) is 1. The molecule has 0 N–H and O–H groups in total. The minimum Gasteiger partial charge on any atom is -0.331 e. The van der Waals surface area contributed by atoms with Gasteiger partial charge in [0.1, 0.15) is 0 Å². The summed E-state index contributed by atoms with van der Waals surface area (Å²) >= 11 is 3.45. The van der Waals surface area contributed by atoms with Crippen LogP contribution in [0, 0.1) is 6.92 Å². The van der Waals surface area contributed by atoms with Crippen LogP contribution >= 0.6 is 15.9 Å². The Labute approximate surface area is 121 Å². The number of carbonyl (C=O) groups excluding carboxylic acids is 2. The lowest BCUT2D eigenvalue weighted by Crippen LogP contribution is -2.40. The molecule has 1 aromatic carbocycles. The number of ketones is 1. The first-order valence-electron chi connectivity index (χ1n) is 6.23. The number of aryl methyl sites for hydroxylation is 1. The minimum atomic E-state index is -0.431. The van der Waals surface area contributed by atoms with Gasteiger partial charge in [-0.2, -0.15) is 0 Å². The molecule has 0 saturated carbocycles. The molecule has 0 aromatic heterocycles. The van der Waals surface area contributed by atoms with Crippen LogP contribution in [-0.4, -0.2) is 29.7 Å². The maximum absolute atomic E-state index is 12.2. The molecule has 100 valence electrons. The molecule has 1 aromatic rings. The largest absolute Gasteiger partial charge is 0.331 e. The van der Waals surface area contributed by atoms with Crippen molar-refractivity contribution in [2.45, 2.75) is 20.3 Å². The molecule has 1 aliphatic rings. The van der Waals surface area contributed by atoms with Gasteiger partial charge in [0.15, 0.2) is 0 Å². The molecule has 0 aliphatic carbocycles. The topological polar surface area (TPSA) is 37.4 Å². The van der Waals surface area contributed by atoms with Crippen LogP contribution in [0.15, 0.2) is 34.3 Å². The second-order valence-electron chi connectivity index (χ2n) is 4.86. The van der Waals surface area contributed by atoms with Crippen LogP contribution in [0.3, 0.4) is 0 Å². The summed E-state index contributed by atoms with van der Waals surface area (Å²) in [6.45, 7) is 5.08. The highest BCUT2D eigenvalue weighted by Gasteiger charge is 2.26. The second kappa shape index (κ2) is 5.70. The Kier molecular flexibility index (Phi) is 4.20. The molecule has 0 saturated heterocycles. The lowest BCUT2D eigenvalue weighted by molar-refractivity contribution is -0.126. The highest BCUT2D eigenvalue weighted by Crippen LogP contribution is 2.22. The zero-order valence-corrected chi connectivity index (χ0v) is 12.7. The molecule has 0 atom stereocenters. The van der Waals surface area contributed by atoms with Gasteiger partial charge < -0.3 is 4.90 Å². The third-order valence-corrected chi connectivity index (χ3v) is 4.27. The van der Waals surface area contributed by atoms with E-state index in [1.165, 1.54) is 5.57 Å². The van der Waals surface area contributed by atoms with Gasteiger partial charge in [0.2, 0.25) is 5.78 Å². The van der Waals surface area contributed by atoms with Gasteiger partial charge in [0, 0.05) is 16.6 Å². The summed E-state index contributed by atoms with van der Waals surface area (Å²) in [5.41, 5.74) is 2.77. The Balaban J connectivity index is 2.12. The molecule has 3 nitrogen and oxygen atoms in total. The number of hydrogen-bond acceptors (Lipinski definition) is 2. The van der Waals surface area contributed by atoms with Crippen molar-refractivity contribution >= 4 is 27.6 Å². The van der Waals surface area contributed by atoms with E-state index < -0.39 is 11.7 Å². The minimum absolute atomic E-state index is 0.423. The average molecular weight is 322 g/mol. The molecule has 0 fully saturated rings. The molecule has 0 radical (unpaired) electrons. The highest BCUT2D eigenvalue weighted by molar-refractivity contribution is 9.11. The van der Waals surface area contributed by atoms with Crippen LogP contribution in [0.25, 0.3) is 0 Å². The molecule has 1 aliphatic heterocycles.